The number of carboxylic acids is 1. The van der Waals surface area contributed by atoms with Gasteiger partial charge in [-0.3, -0.25) is 19.2 Å². The molecule has 1 fully saturated rings. The quantitative estimate of drug-likeness (QED) is 0.194. The van der Waals surface area contributed by atoms with E-state index in [-0.39, 0.29) is 25.2 Å². The van der Waals surface area contributed by atoms with Gasteiger partial charge >= 0.3 is 5.97 Å². The number of rotatable bonds is 12. The number of carbonyl (C=O) groups excluding carboxylic acids is 4. The molecule has 1 heterocycles. The number of carbonyl (C=O) groups is 5. The summed E-state index contributed by atoms with van der Waals surface area (Å²) >= 11 is 0. The topological polar surface area (TPSA) is 205 Å². The van der Waals surface area contributed by atoms with Crippen LogP contribution in [0.25, 0.3) is 0 Å². The first kappa shape index (κ1) is 27.3. The van der Waals surface area contributed by atoms with Gasteiger partial charge < -0.3 is 37.2 Å². The Bertz CT molecular complexity index is 712. The molecule has 1 rings (SSSR count). The fourth-order valence-corrected chi connectivity index (χ4v) is 3.55. The summed E-state index contributed by atoms with van der Waals surface area (Å²) in [5.74, 6) is -3.76. The zero-order chi connectivity index (χ0) is 24.6. The Hall–Kier alpha value is -2.73. The van der Waals surface area contributed by atoms with Crippen LogP contribution in [0.2, 0.25) is 0 Å². The van der Waals surface area contributed by atoms with Crippen molar-refractivity contribution >= 4 is 29.6 Å². The number of nitrogens with zero attached hydrogens (tertiary/aromatic N) is 1. The van der Waals surface area contributed by atoms with Crippen LogP contribution < -0.4 is 22.1 Å². The van der Waals surface area contributed by atoms with Gasteiger partial charge in [0.2, 0.25) is 23.6 Å². The van der Waals surface area contributed by atoms with Gasteiger partial charge in [0.1, 0.15) is 12.1 Å². The molecule has 12 nitrogen and oxygen atoms in total. The fourth-order valence-electron chi connectivity index (χ4n) is 3.55. The third-order valence-electron chi connectivity index (χ3n) is 5.24. The molecule has 0 bridgehead atoms. The molecule has 1 aliphatic heterocycles. The molecular formula is C20H35N5O7. The maximum absolute atomic E-state index is 12.9. The lowest BCUT2D eigenvalue weighted by Gasteiger charge is -2.29. The molecule has 8 N–H and O–H groups in total. The molecule has 0 aromatic rings. The van der Waals surface area contributed by atoms with Crippen molar-refractivity contribution in [3.05, 3.63) is 0 Å². The maximum Gasteiger partial charge on any atom is 0.328 e. The van der Waals surface area contributed by atoms with Gasteiger partial charge in [-0.25, -0.2) is 4.79 Å². The van der Waals surface area contributed by atoms with Gasteiger partial charge in [-0.05, 0) is 38.5 Å². The van der Waals surface area contributed by atoms with Crippen molar-refractivity contribution in [2.45, 2.75) is 83.1 Å². The first-order valence-electron chi connectivity index (χ1n) is 10.7. The van der Waals surface area contributed by atoms with E-state index in [4.69, 9.17) is 11.5 Å². The molecule has 0 aliphatic carbocycles. The zero-order valence-electron chi connectivity index (χ0n) is 18.7. The van der Waals surface area contributed by atoms with Crippen molar-refractivity contribution in [3.8, 4) is 0 Å². The van der Waals surface area contributed by atoms with Crippen LogP contribution in [0.4, 0.5) is 0 Å². The van der Waals surface area contributed by atoms with Crippen molar-refractivity contribution in [3.63, 3.8) is 0 Å². The molecule has 1 aliphatic rings. The number of aliphatic carboxylic acids is 1. The average Bonchev–Trinajstić information content (AvgIpc) is 3.17. The number of primary amides is 1. The zero-order valence-corrected chi connectivity index (χ0v) is 18.7. The number of hydrogen-bond donors (Lipinski definition) is 6. The van der Waals surface area contributed by atoms with Gasteiger partial charge in [0.05, 0.1) is 12.1 Å². The number of hydrogen-bond acceptors (Lipinski definition) is 7. The first-order chi connectivity index (χ1) is 14.8. The Morgan fingerprint density at radius 1 is 1.12 bits per heavy atom. The summed E-state index contributed by atoms with van der Waals surface area (Å²) in [5.41, 5.74) is 11.0. The highest BCUT2D eigenvalue weighted by Gasteiger charge is 2.38. The number of likely N-dealkylation sites (tertiary alicyclic amines) is 1. The monoisotopic (exact) mass is 457 g/mol. The lowest BCUT2D eigenvalue weighted by Crippen LogP contribution is -2.58. The molecule has 0 radical (unpaired) electrons. The van der Waals surface area contributed by atoms with Crippen molar-refractivity contribution in [2.24, 2.45) is 17.4 Å². The second kappa shape index (κ2) is 12.3. The highest BCUT2D eigenvalue weighted by Crippen LogP contribution is 2.20. The molecule has 12 heteroatoms. The smallest absolute Gasteiger partial charge is 0.328 e. The Kier molecular flexibility index (Phi) is 10.5. The molecular weight excluding hydrogens is 422 g/mol. The predicted octanol–water partition coefficient (Wildman–Crippen LogP) is -1.95. The van der Waals surface area contributed by atoms with Crippen molar-refractivity contribution in [1.82, 2.24) is 15.5 Å². The van der Waals surface area contributed by atoms with Gasteiger partial charge in [-0.1, -0.05) is 13.8 Å². The molecule has 0 aromatic heterocycles. The normalized spacial score (nSPS) is 19.7. The van der Waals surface area contributed by atoms with Gasteiger partial charge in [-0.15, -0.1) is 0 Å². The number of nitrogens with two attached hydrogens (primary N) is 2. The predicted molar refractivity (Wildman–Crippen MR) is 114 cm³/mol. The van der Waals surface area contributed by atoms with E-state index in [0.717, 1.165) is 0 Å². The molecule has 5 atom stereocenters. The van der Waals surface area contributed by atoms with E-state index < -0.39 is 59.9 Å². The van der Waals surface area contributed by atoms with E-state index in [1.165, 1.54) is 11.8 Å². The minimum absolute atomic E-state index is 0.00980. The Labute approximate surface area is 187 Å². The Morgan fingerprint density at radius 3 is 2.25 bits per heavy atom. The summed E-state index contributed by atoms with van der Waals surface area (Å²) in [6.45, 7) is 5.21. The largest absolute Gasteiger partial charge is 0.480 e. The van der Waals surface area contributed by atoms with Crippen LogP contribution in [0.5, 0.6) is 0 Å². The summed E-state index contributed by atoms with van der Waals surface area (Å²) in [6, 6.07) is -4.39. The van der Waals surface area contributed by atoms with E-state index >= 15 is 0 Å². The van der Waals surface area contributed by atoms with Crippen LogP contribution in [0, 0.1) is 5.92 Å². The van der Waals surface area contributed by atoms with Gasteiger partial charge in [0.15, 0.2) is 6.04 Å². The minimum atomic E-state index is -1.53. The molecule has 0 saturated carbocycles. The molecule has 0 spiro atoms. The van der Waals surface area contributed by atoms with Crippen LogP contribution >= 0.6 is 0 Å². The van der Waals surface area contributed by atoms with Crippen LogP contribution in [0.1, 0.15) is 52.9 Å². The number of aliphatic hydroxyl groups excluding tert-OH is 1. The van der Waals surface area contributed by atoms with Gasteiger partial charge in [0.25, 0.3) is 0 Å². The number of nitrogens with one attached hydrogen (secondary N) is 2. The van der Waals surface area contributed by atoms with Crippen LogP contribution in [-0.4, -0.2) is 81.5 Å². The number of amides is 4. The summed E-state index contributed by atoms with van der Waals surface area (Å²) in [6.07, 6.45) is -0.160. The van der Waals surface area contributed by atoms with Crippen molar-refractivity contribution in [1.29, 1.82) is 0 Å². The molecule has 0 aromatic carbocycles. The third-order valence-corrected chi connectivity index (χ3v) is 5.24. The lowest BCUT2D eigenvalue weighted by atomic mass is 10.0. The summed E-state index contributed by atoms with van der Waals surface area (Å²) in [5, 5.41) is 23.7. The fraction of sp³-hybridized carbons (Fsp3) is 0.750. The molecule has 4 amide bonds. The van der Waals surface area contributed by atoms with Gasteiger partial charge in [0, 0.05) is 13.0 Å². The molecule has 182 valence electrons. The number of carboxylic acid groups (broad SMARTS) is 1. The van der Waals surface area contributed by atoms with E-state index in [1.807, 2.05) is 13.8 Å². The summed E-state index contributed by atoms with van der Waals surface area (Å²) < 4.78 is 0. The standard InChI is InChI=1S/C20H35N5O7/c1-10(2)9-13(17(28)24-16(11(3)26)20(31)32)23-18(29)14-5-4-8-25(14)19(30)12(21)6-7-15(22)27/h10-14,16,26H,4-9,21H2,1-3H3,(H2,22,27)(H,23,29)(H,24,28)(H,31,32). The highest BCUT2D eigenvalue weighted by molar-refractivity contribution is 5.94. The summed E-state index contributed by atoms with van der Waals surface area (Å²) in [4.78, 5) is 61.8. The minimum Gasteiger partial charge on any atom is -0.480 e. The van der Waals surface area contributed by atoms with Crippen LogP contribution in [0.3, 0.4) is 0 Å². The SMILES string of the molecule is CC(C)CC(NC(=O)C1CCCN1C(=O)C(N)CCC(N)=O)C(=O)NC(C(=O)O)C(C)O. The average molecular weight is 458 g/mol. The second-order valence-electron chi connectivity index (χ2n) is 8.56. The molecule has 5 unspecified atom stereocenters. The van der Waals surface area contributed by atoms with E-state index in [9.17, 15) is 34.2 Å². The van der Waals surface area contributed by atoms with E-state index in [2.05, 4.69) is 10.6 Å². The third kappa shape index (κ3) is 8.08. The lowest BCUT2D eigenvalue weighted by molar-refractivity contribution is -0.145. The number of aliphatic hydroxyl groups is 1. The highest BCUT2D eigenvalue weighted by atomic mass is 16.4. The maximum atomic E-state index is 12.9. The van der Waals surface area contributed by atoms with Crippen LogP contribution in [0.15, 0.2) is 0 Å². The Morgan fingerprint density at radius 2 is 1.75 bits per heavy atom. The van der Waals surface area contributed by atoms with E-state index in [1.54, 1.807) is 0 Å². The van der Waals surface area contributed by atoms with E-state index in [0.29, 0.717) is 19.4 Å². The van der Waals surface area contributed by atoms with Crippen LogP contribution in [-0.2, 0) is 24.0 Å². The molecule has 32 heavy (non-hydrogen) atoms. The summed E-state index contributed by atoms with van der Waals surface area (Å²) in [7, 11) is 0. The van der Waals surface area contributed by atoms with Gasteiger partial charge in [-0.2, -0.15) is 0 Å². The first-order valence-corrected chi connectivity index (χ1v) is 10.7. The Balaban J connectivity index is 2.89. The van der Waals surface area contributed by atoms with Crippen molar-refractivity contribution in [2.75, 3.05) is 6.54 Å². The second-order valence-corrected chi connectivity index (χ2v) is 8.56. The van der Waals surface area contributed by atoms with Crippen molar-refractivity contribution < 1.29 is 34.2 Å². The molecule has 1 saturated heterocycles.